The van der Waals surface area contributed by atoms with Crippen LogP contribution in [0.1, 0.15) is 25.7 Å². The van der Waals surface area contributed by atoms with Gasteiger partial charge in [-0.3, -0.25) is 24.1 Å². The maximum absolute atomic E-state index is 12.7. The molecule has 2 heterocycles. The molecule has 0 N–H and O–H groups in total. The quantitative estimate of drug-likeness (QED) is 0.391. The number of hydrogen-bond acceptors (Lipinski definition) is 5. The summed E-state index contributed by atoms with van der Waals surface area (Å²) >= 11 is 12.2. The molecule has 0 bridgehead atoms. The first-order valence-electron chi connectivity index (χ1n) is 9.76. The lowest BCUT2D eigenvalue weighted by Crippen LogP contribution is -2.40. The van der Waals surface area contributed by atoms with E-state index in [4.69, 9.17) is 27.9 Å². The van der Waals surface area contributed by atoms with Crippen LogP contribution >= 0.6 is 23.2 Å². The van der Waals surface area contributed by atoms with Crippen molar-refractivity contribution in [2.45, 2.75) is 25.7 Å². The average molecular weight is 461 g/mol. The monoisotopic (exact) mass is 460 g/mol. The Morgan fingerprint density at radius 2 is 1.71 bits per heavy atom. The second kappa shape index (κ2) is 8.69. The van der Waals surface area contributed by atoms with Gasteiger partial charge in [-0.15, -0.1) is 0 Å². The minimum Gasteiger partial charge on any atom is -0.426 e. The van der Waals surface area contributed by atoms with Crippen LogP contribution in [-0.4, -0.2) is 30.2 Å². The number of esters is 1. The Kier molecular flexibility index (Phi) is 5.98. The molecule has 31 heavy (non-hydrogen) atoms. The zero-order valence-electron chi connectivity index (χ0n) is 16.3. The number of carbonyl (C=O) groups excluding carboxylic acids is 4. The summed E-state index contributed by atoms with van der Waals surface area (Å²) in [4.78, 5) is 52.0. The fourth-order valence-electron chi connectivity index (χ4n) is 3.72. The van der Waals surface area contributed by atoms with E-state index in [2.05, 4.69) is 0 Å². The minimum atomic E-state index is -0.690. The van der Waals surface area contributed by atoms with E-state index < -0.39 is 11.9 Å². The first kappa shape index (κ1) is 21.3. The Hall–Kier alpha value is -2.90. The van der Waals surface area contributed by atoms with Crippen molar-refractivity contribution in [1.82, 2.24) is 0 Å². The number of benzene rings is 2. The van der Waals surface area contributed by atoms with E-state index in [9.17, 15) is 19.2 Å². The van der Waals surface area contributed by atoms with Crippen molar-refractivity contribution in [3.8, 4) is 5.75 Å². The molecule has 2 aromatic carbocycles. The number of hydrogen-bond donors (Lipinski definition) is 0. The average Bonchev–Trinajstić information content (AvgIpc) is 3.12. The summed E-state index contributed by atoms with van der Waals surface area (Å²) in [6.45, 7) is 0.112. The number of imide groups is 1. The van der Waals surface area contributed by atoms with Gasteiger partial charge >= 0.3 is 5.97 Å². The standard InChI is InChI=1S/C22H18Cl2N2O5/c23-14-7-8-17(24)18(10-14)25-12-13(9-21(25)29)22(30)31-16-4-1-3-15(11-16)26-19(27)5-2-6-20(26)28/h1,3-4,7-8,10-11,13H,2,5-6,9,12H2/t13-/m1/s1. The Balaban J connectivity index is 1.48. The third-order valence-electron chi connectivity index (χ3n) is 5.23. The van der Waals surface area contributed by atoms with Crippen LogP contribution in [0.15, 0.2) is 42.5 Å². The highest BCUT2D eigenvalue weighted by atomic mass is 35.5. The van der Waals surface area contributed by atoms with Crippen LogP contribution in [-0.2, 0) is 19.2 Å². The number of piperidine rings is 1. The fraction of sp³-hybridized carbons (Fsp3) is 0.273. The zero-order chi connectivity index (χ0) is 22.1. The predicted molar refractivity (Wildman–Crippen MR) is 115 cm³/mol. The van der Waals surface area contributed by atoms with Gasteiger partial charge in [0.2, 0.25) is 17.7 Å². The van der Waals surface area contributed by atoms with Gasteiger partial charge < -0.3 is 9.64 Å². The van der Waals surface area contributed by atoms with Crippen molar-refractivity contribution >= 4 is 58.3 Å². The molecule has 2 aromatic rings. The number of nitrogens with zero attached hydrogens (tertiary/aromatic N) is 2. The third-order valence-corrected chi connectivity index (χ3v) is 5.79. The summed E-state index contributed by atoms with van der Waals surface area (Å²) in [6, 6.07) is 11.0. The van der Waals surface area contributed by atoms with Gasteiger partial charge in [0.15, 0.2) is 0 Å². The van der Waals surface area contributed by atoms with Gasteiger partial charge in [-0.25, -0.2) is 0 Å². The van der Waals surface area contributed by atoms with E-state index in [0.717, 1.165) is 4.90 Å². The van der Waals surface area contributed by atoms with Gasteiger partial charge in [-0.05, 0) is 36.8 Å². The first-order chi connectivity index (χ1) is 14.8. The zero-order valence-corrected chi connectivity index (χ0v) is 17.9. The van der Waals surface area contributed by atoms with Crippen molar-refractivity contribution in [2.75, 3.05) is 16.3 Å². The molecule has 1 atom stereocenters. The molecular weight excluding hydrogens is 443 g/mol. The van der Waals surface area contributed by atoms with Crippen LogP contribution in [0, 0.1) is 5.92 Å². The summed E-state index contributed by atoms with van der Waals surface area (Å²) in [5.74, 6) is -1.90. The molecule has 0 spiro atoms. The van der Waals surface area contributed by atoms with Crippen molar-refractivity contribution < 1.29 is 23.9 Å². The van der Waals surface area contributed by atoms with E-state index in [0.29, 0.717) is 40.7 Å². The van der Waals surface area contributed by atoms with Gasteiger partial charge in [0.1, 0.15) is 5.75 Å². The first-order valence-corrected chi connectivity index (χ1v) is 10.5. The number of anilines is 2. The third kappa shape index (κ3) is 4.43. The number of amides is 3. The topological polar surface area (TPSA) is 84.0 Å². The summed E-state index contributed by atoms with van der Waals surface area (Å²) in [7, 11) is 0. The Labute approximate surface area is 188 Å². The summed E-state index contributed by atoms with van der Waals surface area (Å²) < 4.78 is 5.46. The predicted octanol–water partition coefficient (Wildman–Crippen LogP) is 4.00. The molecule has 0 saturated carbocycles. The van der Waals surface area contributed by atoms with E-state index in [1.807, 2.05) is 0 Å². The normalized spacial score (nSPS) is 19.2. The summed E-state index contributed by atoms with van der Waals surface area (Å²) in [5, 5.41) is 0.784. The highest BCUT2D eigenvalue weighted by molar-refractivity contribution is 6.36. The van der Waals surface area contributed by atoms with Gasteiger partial charge in [-0.1, -0.05) is 29.3 Å². The maximum atomic E-state index is 12.7. The lowest BCUT2D eigenvalue weighted by molar-refractivity contribution is -0.139. The lowest BCUT2D eigenvalue weighted by Gasteiger charge is -2.25. The van der Waals surface area contributed by atoms with Crippen LogP contribution in [0.25, 0.3) is 0 Å². The molecule has 2 fully saturated rings. The number of carbonyl (C=O) groups is 4. The highest BCUT2D eigenvalue weighted by Crippen LogP contribution is 2.34. The van der Waals surface area contributed by atoms with Crippen molar-refractivity contribution in [3.05, 3.63) is 52.5 Å². The molecular formula is C22H18Cl2N2O5. The largest absolute Gasteiger partial charge is 0.426 e. The Morgan fingerprint density at radius 1 is 0.968 bits per heavy atom. The minimum absolute atomic E-state index is 0.0234. The molecule has 0 aromatic heterocycles. The number of rotatable bonds is 4. The lowest BCUT2D eigenvalue weighted by atomic mass is 10.1. The molecule has 0 unspecified atom stereocenters. The number of halogens is 2. The van der Waals surface area contributed by atoms with E-state index in [1.54, 1.807) is 36.4 Å². The fourth-order valence-corrected chi connectivity index (χ4v) is 4.10. The molecule has 160 valence electrons. The van der Waals surface area contributed by atoms with Crippen LogP contribution in [0.3, 0.4) is 0 Å². The van der Waals surface area contributed by atoms with Gasteiger partial charge in [0.05, 0.1) is 22.3 Å². The van der Waals surface area contributed by atoms with Gasteiger partial charge in [-0.2, -0.15) is 0 Å². The molecule has 0 aliphatic carbocycles. The van der Waals surface area contributed by atoms with Crippen molar-refractivity contribution in [3.63, 3.8) is 0 Å². The molecule has 3 amide bonds. The molecule has 2 aliphatic heterocycles. The van der Waals surface area contributed by atoms with E-state index >= 15 is 0 Å². The molecule has 7 nitrogen and oxygen atoms in total. The number of ether oxygens (including phenoxy) is 1. The van der Waals surface area contributed by atoms with Crippen molar-refractivity contribution in [2.24, 2.45) is 5.92 Å². The summed E-state index contributed by atoms with van der Waals surface area (Å²) in [5.41, 5.74) is 0.799. The Morgan fingerprint density at radius 3 is 2.45 bits per heavy atom. The van der Waals surface area contributed by atoms with Crippen LogP contribution < -0.4 is 14.5 Å². The molecule has 4 rings (SSSR count). The molecule has 2 aliphatic rings. The van der Waals surface area contributed by atoms with E-state index in [1.165, 1.54) is 11.0 Å². The second-order valence-corrected chi connectivity index (χ2v) is 8.24. The summed E-state index contributed by atoms with van der Waals surface area (Å²) in [6.07, 6.45) is 1.10. The van der Waals surface area contributed by atoms with Crippen LogP contribution in [0.2, 0.25) is 10.0 Å². The van der Waals surface area contributed by atoms with Crippen LogP contribution in [0.4, 0.5) is 11.4 Å². The molecule has 0 radical (unpaired) electrons. The van der Waals surface area contributed by atoms with Crippen molar-refractivity contribution in [1.29, 1.82) is 0 Å². The Bertz CT molecular complexity index is 1070. The highest BCUT2D eigenvalue weighted by Gasteiger charge is 2.37. The smallest absolute Gasteiger partial charge is 0.316 e. The van der Waals surface area contributed by atoms with Gasteiger partial charge in [0.25, 0.3) is 0 Å². The molecule has 9 heteroatoms. The molecule has 2 saturated heterocycles. The van der Waals surface area contributed by atoms with Crippen LogP contribution in [0.5, 0.6) is 5.75 Å². The maximum Gasteiger partial charge on any atom is 0.316 e. The second-order valence-electron chi connectivity index (χ2n) is 7.40. The van der Waals surface area contributed by atoms with E-state index in [-0.39, 0.29) is 36.4 Å². The van der Waals surface area contributed by atoms with Gasteiger partial charge in [0, 0.05) is 36.9 Å². The SMILES string of the molecule is O=C(Oc1cccc(N2C(=O)CCCC2=O)c1)[C@@H]1CC(=O)N(c2cc(Cl)ccc2Cl)C1.